The third-order valence-corrected chi connectivity index (χ3v) is 3.87. The van der Waals surface area contributed by atoms with E-state index in [4.69, 9.17) is 4.42 Å². The first-order valence-corrected chi connectivity index (χ1v) is 8.43. The van der Waals surface area contributed by atoms with Crippen molar-refractivity contribution < 1.29 is 22.4 Å². The summed E-state index contributed by atoms with van der Waals surface area (Å²) in [5.41, 5.74) is 6.02. The SMILES string of the molecule is Cc1ccc(-c2nnc(CCC(=O)NNc3cccc(C(F)(F)F)c3)o2)cc1. The van der Waals surface area contributed by atoms with E-state index in [0.717, 1.165) is 23.3 Å². The van der Waals surface area contributed by atoms with Crippen molar-refractivity contribution in [3.63, 3.8) is 0 Å². The van der Waals surface area contributed by atoms with Crippen molar-refractivity contribution in [2.45, 2.75) is 25.9 Å². The summed E-state index contributed by atoms with van der Waals surface area (Å²) >= 11 is 0. The van der Waals surface area contributed by atoms with Crippen LogP contribution in [0.5, 0.6) is 0 Å². The molecule has 0 saturated heterocycles. The minimum Gasteiger partial charge on any atom is -0.421 e. The van der Waals surface area contributed by atoms with Crippen LogP contribution in [-0.4, -0.2) is 16.1 Å². The molecule has 28 heavy (non-hydrogen) atoms. The van der Waals surface area contributed by atoms with Crippen LogP contribution in [0.25, 0.3) is 11.5 Å². The summed E-state index contributed by atoms with van der Waals surface area (Å²) in [5.74, 6) is 0.231. The smallest absolute Gasteiger partial charge is 0.416 e. The number of hydrazine groups is 1. The lowest BCUT2D eigenvalue weighted by molar-refractivity contribution is -0.137. The van der Waals surface area contributed by atoms with E-state index in [-0.39, 0.29) is 18.5 Å². The number of amides is 1. The highest BCUT2D eigenvalue weighted by molar-refractivity contribution is 5.77. The summed E-state index contributed by atoms with van der Waals surface area (Å²) in [6.07, 6.45) is -4.22. The molecule has 0 aliphatic rings. The van der Waals surface area contributed by atoms with Crippen LogP contribution in [0.15, 0.2) is 52.9 Å². The predicted molar refractivity (Wildman–Crippen MR) is 96.0 cm³/mol. The van der Waals surface area contributed by atoms with Gasteiger partial charge in [-0.2, -0.15) is 13.2 Å². The van der Waals surface area contributed by atoms with E-state index < -0.39 is 17.6 Å². The first-order chi connectivity index (χ1) is 13.3. The molecular formula is C19H17F3N4O2. The van der Waals surface area contributed by atoms with Crippen molar-refractivity contribution in [2.75, 3.05) is 5.43 Å². The van der Waals surface area contributed by atoms with E-state index in [0.29, 0.717) is 11.8 Å². The number of halogens is 3. The molecule has 0 saturated carbocycles. The molecule has 0 bridgehead atoms. The topological polar surface area (TPSA) is 80.0 Å². The highest BCUT2D eigenvalue weighted by Gasteiger charge is 2.30. The van der Waals surface area contributed by atoms with Gasteiger partial charge in [-0.15, -0.1) is 10.2 Å². The number of hydrogen-bond donors (Lipinski definition) is 2. The van der Waals surface area contributed by atoms with Crippen molar-refractivity contribution in [1.82, 2.24) is 15.6 Å². The average molecular weight is 390 g/mol. The van der Waals surface area contributed by atoms with Crippen LogP contribution >= 0.6 is 0 Å². The Labute approximate surface area is 158 Å². The minimum absolute atomic E-state index is 0.0293. The van der Waals surface area contributed by atoms with Gasteiger partial charge in [0.15, 0.2) is 0 Å². The fourth-order valence-corrected chi connectivity index (χ4v) is 2.37. The molecule has 0 radical (unpaired) electrons. The second kappa shape index (κ2) is 8.12. The van der Waals surface area contributed by atoms with E-state index >= 15 is 0 Å². The van der Waals surface area contributed by atoms with Crippen LogP contribution in [-0.2, 0) is 17.4 Å². The van der Waals surface area contributed by atoms with E-state index in [1.807, 2.05) is 31.2 Å². The molecule has 6 nitrogen and oxygen atoms in total. The Hall–Kier alpha value is -3.36. The maximum Gasteiger partial charge on any atom is 0.416 e. The molecule has 3 rings (SSSR count). The molecule has 1 amide bonds. The van der Waals surface area contributed by atoms with Gasteiger partial charge in [0.1, 0.15) is 0 Å². The zero-order valence-electron chi connectivity index (χ0n) is 14.9. The minimum atomic E-state index is -4.45. The van der Waals surface area contributed by atoms with Gasteiger partial charge in [-0.05, 0) is 37.3 Å². The number of anilines is 1. The lowest BCUT2D eigenvalue weighted by Gasteiger charge is -2.11. The molecule has 1 aromatic heterocycles. The number of alkyl halides is 3. The Kier molecular flexibility index (Phi) is 5.62. The molecular weight excluding hydrogens is 373 g/mol. The fraction of sp³-hybridized carbons (Fsp3) is 0.211. The predicted octanol–water partition coefficient (Wildman–Crippen LogP) is 4.14. The van der Waals surface area contributed by atoms with Crippen LogP contribution in [0, 0.1) is 6.92 Å². The van der Waals surface area contributed by atoms with Crippen molar-refractivity contribution in [3.8, 4) is 11.5 Å². The molecule has 146 valence electrons. The van der Waals surface area contributed by atoms with Crippen LogP contribution in [0.4, 0.5) is 18.9 Å². The number of carbonyl (C=O) groups excluding carboxylic acids is 1. The summed E-state index contributed by atoms with van der Waals surface area (Å²) in [6, 6.07) is 12.1. The summed E-state index contributed by atoms with van der Waals surface area (Å²) in [5, 5.41) is 7.85. The number of benzene rings is 2. The maximum absolute atomic E-state index is 12.7. The van der Waals surface area contributed by atoms with Gasteiger partial charge < -0.3 is 4.42 Å². The highest BCUT2D eigenvalue weighted by atomic mass is 19.4. The van der Waals surface area contributed by atoms with Crippen molar-refractivity contribution in [3.05, 3.63) is 65.5 Å². The van der Waals surface area contributed by atoms with Gasteiger partial charge >= 0.3 is 6.18 Å². The first-order valence-electron chi connectivity index (χ1n) is 8.43. The highest BCUT2D eigenvalue weighted by Crippen LogP contribution is 2.30. The summed E-state index contributed by atoms with van der Waals surface area (Å²) in [7, 11) is 0. The van der Waals surface area contributed by atoms with E-state index in [1.54, 1.807) is 0 Å². The Bertz CT molecular complexity index is 952. The molecule has 0 aliphatic carbocycles. The number of hydrogen-bond acceptors (Lipinski definition) is 5. The van der Waals surface area contributed by atoms with Gasteiger partial charge in [-0.1, -0.05) is 23.8 Å². The molecule has 0 fully saturated rings. The number of nitrogens with zero attached hydrogens (tertiary/aromatic N) is 2. The molecule has 3 aromatic rings. The Morgan fingerprint density at radius 3 is 2.57 bits per heavy atom. The average Bonchev–Trinajstić information content (AvgIpc) is 3.14. The quantitative estimate of drug-likeness (QED) is 0.619. The summed E-state index contributed by atoms with van der Waals surface area (Å²) in [4.78, 5) is 11.9. The molecule has 0 aliphatic heterocycles. The van der Waals surface area contributed by atoms with Crippen molar-refractivity contribution in [2.24, 2.45) is 0 Å². The Morgan fingerprint density at radius 1 is 1.11 bits per heavy atom. The summed E-state index contributed by atoms with van der Waals surface area (Å²) in [6.45, 7) is 1.97. The van der Waals surface area contributed by atoms with E-state index in [1.165, 1.54) is 12.1 Å². The Morgan fingerprint density at radius 2 is 1.86 bits per heavy atom. The zero-order valence-corrected chi connectivity index (χ0v) is 14.9. The number of aromatic nitrogens is 2. The molecule has 0 spiro atoms. The lowest BCUT2D eigenvalue weighted by atomic mass is 10.1. The van der Waals surface area contributed by atoms with Crippen molar-refractivity contribution >= 4 is 11.6 Å². The fourth-order valence-electron chi connectivity index (χ4n) is 2.37. The van der Waals surface area contributed by atoms with Crippen LogP contribution < -0.4 is 10.9 Å². The van der Waals surface area contributed by atoms with Gasteiger partial charge in [-0.3, -0.25) is 15.6 Å². The van der Waals surface area contributed by atoms with E-state index in [2.05, 4.69) is 21.0 Å². The van der Waals surface area contributed by atoms with Crippen LogP contribution in [0.1, 0.15) is 23.4 Å². The monoisotopic (exact) mass is 390 g/mol. The molecule has 0 unspecified atom stereocenters. The zero-order chi connectivity index (χ0) is 20.1. The van der Waals surface area contributed by atoms with Crippen LogP contribution in [0.2, 0.25) is 0 Å². The van der Waals surface area contributed by atoms with Crippen LogP contribution in [0.3, 0.4) is 0 Å². The van der Waals surface area contributed by atoms with Gasteiger partial charge in [0, 0.05) is 18.4 Å². The number of carbonyl (C=O) groups is 1. The van der Waals surface area contributed by atoms with Gasteiger partial charge in [0.2, 0.25) is 17.7 Å². The third kappa shape index (κ3) is 5.09. The molecule has 1 heterocycles. The van der Waals surface area contributed by atoms with E-state index in [9.17, 15) is 18.0 Å². The lowest BCUT2D eigenvalue weighted by Crippen LogP contribution is -2.29. The number of rotatable bonds is 6. The number of aryl methyl sites for hydroxylation is 2. The largest absolute Gasteiger partial charge is 0.421 e. The molecule has 2 N–H and O–H groups in total. The molecule has 0 atom stereocenters. The van der Waals surface area contributed by atoms with Crippen molar-refractivity contribution in [1.29, 1.82) is 0 Å². The second-order valence-electron chi connectivity index (χ2n) is 6.12. The van der Waals surface area contributed by atoms with Gasteiger partial charge in [0.25, 0.3) is 0 Å². The third-order valence-electron chi connectivity index (χ3n) is 3.87. The summed E-state index contributed by atoms with van der Waals surface area (Å²) < 4.78 is 43.6. The first kappa shape index (κ1) is 19.4. The molecule has 2 aromatic carbocycles. The second-order valence-corrected chi connectivity index (χ2v) is 6.12. The van der Waals surface area contributed by atoms with Gasteiger partial charge in [-0.25, -0.2) is 0 Å². The maximum atomic E-state index is 12.7. The normalized spacial score (nSPS) is 11.3. The standard InChI is InChI=1S/C19H17F3N4O2/c1-12-5-7-13(8-6-12)18-26-25-17(28-18)10-9-16(27)24-23-15-4-2-3-14(11-15)19(20,21)22/h2-8,11,23H,9-10H2,1H3,(H,24,27). The Balaban J connectivity index is 1.50. The molecule has 9 heteroatoms. The number of nitrogens with one attached hydrogen (secondary N) is 2. The van der Waals surface area contributed by atoms with Gasteiger partial charge in [0.05, 0.1) is 11.3 Å².